The fraction of sp³-hybridized carbons (Fsp3) is 0.444. The van der Waals surface area contributed by atoms with Gasteiger partial charge < -0.3 is 0 Å². The molecule has 0 aliphatic heterocycles. The Morgan fingerprint density at radius 1 is 0.259 bits per heavy atom. The Labute approximate surface area is 325 Å². The van der Waals surface area contributed by atoms with Crippen molar-refractivity contribution < 1.29 is 0 Å². The summed E-state index contributed by atoms with van der Waals surface area (Å²) in [6, 6.07) is 13.6. The number of unbranched alkanes of at least 4 members (excludes halogenated alkanes) is 6. The topological polar surface area (TPSA) is 0 Å². The van der Waals surface area contributed by atoms with E-state index in [1.54, 1.807) is 0 Å². The number of fused-ring (bicyclic) bond motifs is 3. The molecule has 0 fully saturated rings. The third-order valence-corrected chi connectivity index (χ3v) is 10.2. The molecule has 1 aliphatic carbocycles. The van der Waals surface area contributed by atoms with Crippen molar-refractivity contribution in [3.8, 4) is 0 Å². The summed E-state index contributed by atoms with van der Waals surface area (Å²) in [5.41, 5.74) is 48.1. The second-order valence-corrected chi connectivity index (χ2v) is 14.6. The summed E-state index contributed by atoms with van der Waals surface area (Å²) in [5, 5.41) is 5.57. The molecule has 276 valence electrons. The molecule has 0 spiro atoms. The Morgan fingerprint density at radius 2 is 0.407 bits per heavy atom. The summed E-state index contributed by atoms with van der Waals surface area (Å²) in [6.45, 7) is 13.5. The number of hydrogen-bond acceptors (Lipinski definition) is 0. The Morgan fingerprint density at radius 3 is 0.537 bits per heavy atom. The SMILES string of the molecule is CCCCc1cc2c(cc1CCCC)=C=C=C=C=c1cc(CCCC)c(CCCC)cc1=C=C=C=C=c1cc(CCCC)c(CCCC)cc1=C=C=C=C=2. The van der Waals surface area contributed by atoms with Crippen LogP contribution in [0.3, 0.4) is 0 Å². The van der Waals surface area contributed by atoms with Crippen LogP contribution in [0, 0.1) is 0 Å². The molecule has 0 nitrogen and oxygen atoms in total. The number of rotatable bonds is 18. The fourth-order valence-electron chi connectivity index (χ4n) is 6.88. The molecular weight excluding hydrogens is 649 g/mol. The lowest BCUT2D eigenvalue weighted by Crippen LogP contribution is -2.25. The van der Waals surface area contributed by atoms with Crippen molar-refractivity contribution in [3.63, 3.8) is 0 Å². The van der Waals surface area contributed by atoms with Gasteiger partial charge in [0.2, 0.25) is 0 Å². The van der Waals surface area contributed by atoms with E-state index in [9.17, 15) is 0 Å². The van der Waals surface area contributed by atoms with Crippen LogP contribution in [0.25, 0.3) is 34.4 Å². The molecule has 0 atom stereocenters. The van der Waals surface area contributed by atoms with E-state index in [0.29, 0.717) is 0 Å². The smallest absolute Gasteiger partial charge is 0.0415 e. The van der Waals surface area contributed by atoms with Crippen LogP contribution < -0.4 is 31.3 Å². The zero-order valence-corrected chi connectivity index (χ0v) is 34.2. The van der Waals surface area contributed by atoms with Gasteiger partial charge in [0.25, 0.3) is 0 Å². The van der Waals surface area contributed by atoms with Crippen LogP contribution in [0.15, 0.2) is 70.8 Å². The lowest BCUT2D eigenvalue weighted by Gasteiger charge is -2.09. The van der Waals surface area contributed by atoms with Crippen LogP contribution in [0.1, 0.15) is 152 Å². The highest BCUT2D eigenvalue weighted by molar-refractivity contribution is 5.42. The van der Waals surface area contributed by atoms with Gasteiger partial charge in [0.15, 0.2) is 0 Å². The molecule has 0 saturated carbocycles. The van der Waals surface area contributed by atoms with Crippen molar-refractivity contribution in [3.05, 3.63) is 135 Å². The second kappa shape index (κ2) is 23.6. The lowest BCUT2D eigenvalue weighted by atomic mass is 9.96. The summed E-state index contributed by atoms with van der Waals surface area (Å²) in [7, 11) is 0. The van der Waals surface area contributed by atoms with E-state index in [-0.39, 0.29) is 0 Å². The summed E-state index contributed by atoms with van der Waals surface area (Å²) in [5.74, 6) is 0. The van der Waals surface area contributed by atoms with Crippen LogP contribution in [0.4, 0.5) is 0 Å². The van der Waals surface area contributed by atoms with Gasteiger partial charge in [0, 0.05) is 31.3 Å². The van der Waals surface area contributed by atoms with Gasteiger partial charge >= 0.3 is 0 Å². The average Bonchev–Trinajstić information content (AvgIpc) is 3.19. The van der Waals surface area contributed by atoms with Gasteiger partial charge in [-0.05, 0) is 181 Å². The minimum atomic E-state index is 0.929. The van der Waals surface area contributed by atoms with E-state index < -0.39 is 0 Å². The zero-order chi connectivity index (χ0) is 38.4. The Hall–Kier alpha value is -4.98. The fourth-order valence-corrected chi connectivity index (χ4v) is 6.88. The van der Waals surface area contributed by atoms with E-state index in [4.69, 9.17) is 0 Å². The molecule has 0 unspecified atom stereocenters. The minimum absolute atomic E-state index is 0.929. The molecular formula is C54H60. The maximum absolute atomic E-state index is 3.42. The average molecular weight is 709 g/mol. The number of hydrogen-bond donors (Lipinski definition) is 0. The normalized spacial score (nSPS) is 11.0. The first-order chi connectivity index (χ1) is 26.5. The second-order valence-electron chi connectivity index (χ2n) is 14.6. The quantitative estimate of drug-likeness (QED) is 0.0906. The predicted molar refractivity (Wildman–Crippen MR) is 230 cm³/mol. The standard InChI is InChI=1S/C54H60/c1-7-13-25-43-37-49-31-19-20-33-51-39-45(27-15-9-3)47(29-17-11-5)41-53(51)35-23-24-36-54-42-48(30-18-12-6)46(28-16-10-4)40-52(54)34-22-21-32-50(49)38-44(43)26-14-8-2/h37-42H,7-18,25-30H2,1-6H3. The first-order valence-corrected chi connectivity index (χ1v) is 21.1. The Bertz CT molecular complexity index is 2070. The van der Waals surface area contributed by atoms with Gasteiger partial charge in [-0.3, -0.25) is 0 Å². The van der Waals surface area contributed by atoms with Crippen molar-refractivity contribution >= 4 is 34.4 Å². The molecule has 3 aromatic carbocycles. The van der Waals surface area contributed by atoms with Crippen molar-refractivity contribution in [2.24, 2.45) is 0 Å². The molecule has 4 rings (SSSR count). The van der Waals surface area contributed by atoms with Crippen molar-refractivity contribution in [2.75, 3.05) is 0 Å². The summed E-state index contributed by atoms with van der Waals surface area (Å²) in [6.07, 6.45) is 20.2. The highest BCUT2D eigenvalue weighted by atomic mass is 14.1. The Balaban J connectivity index is 2.33. The summed E-state index contributed by atoms with van der Waals surface area (Å²) >= 11 is 0. The molecule has 0 aromatic heterocycles. The maximum Gasteiger partial charge on any atom is 0.0415 e. The molecule has 3 aromatic rings. The molecule has 0 N–H and O–H groups in total. The molecule has 0 amide bonds. The summed E-state index contributed by atoms with van der Waals surface area (Å²) < 4.78 is 0. The first kappa shape index (κ1) is 41.8. The van der Waals surface area contributed by atoms with E-state index >= 15 is 0 Å². The van der Waals surface area contributed by atoms with Crippen molar-refractivity contribution in [2.45, 2.75) is 157 Å². The van der Waals surface area contributed by atoms with Gasteiger partial charge in [-0.15, -0.1) is 0 Å². The molecule has 0 heterocycles. The van der Waals surface area contributed by atoms with Crippen molar-refractivity contribution in [1.29, 1.82) is 0 Å². The molecule has 0 heteroatoms. The van der Waals surface area contributed by atoms with Crippen LogP contribution in [0.2, 0.25) is 0 Å². The van der Waals surface area contributed by atoms with Crippen LogP contribution >= 0.6 is 0 Å². The van der Waals surface area contributed by atoms with Crippen LogP contribution in [-0.4, -0.2) is 0 Å². The number of aryl methyl sites for hydroxylation is 6. The highest BCUT2D eigenvalue weighted by Crippen LogP contribution is 2.14. The van der Waals surface area contributed by atoms with E-state index in [1.807, 2.05) is 0 Å². The van der Waals surface area contributed by atoms with Crippen LogP contribution in [0.5, 0.6) is 0 Å². The third kappa shape index (κ3) is 12.9. The van der Waals surface area contributed by atoms with Gasteiger partial charge in [-0.25, -0.2) is 0 Å². The minimum Gasteiger partial charge on any atom is -0.0654 e. The lowest BCUT2D eigenvalue weighted by molar-refractivity contribution is 0.757. The first-order valence-electron chi connectivity index (χ1n) is 21.1. The number of benzene rings is 3. The van der Waals surface area contributed by atoms with E-state index in [0.717, 1.165) is 147 Å². The molecule has 0 radical (unpaired) electrons. The van der Waals surface area contributed by atoms with Gasteiger partial charge in [0.1, 0.15) is 0 Å². The predicted octanol–water partition coefficient (Wildman–Crippen LogP) is 9.03. The van der Waals surface area contributed by atoms with E-state index in [2.05, 4.69) is 147 Å². The van der Waals surface area contributed by atoms with Gasteiger partial charge in [0.05, 0.1) is 0 Å². The van der Waals surface area contributed by atoms with E-state index in [1.165, 1.54) is 33.4 Å². The van der Waals surface area contributed by atoms with Crippen LogP contribution in [-0.2, 0) is 38.5 Å². The molecule has 1 aliphatic rings. The Kier molecular flexibility index (Phi) is 18.3. The summed E-state index contributed by atoms with van der Waals surface area (Å²) in [4.78, 5) is 0. The zero-order valence-electron chi connectivity index (χ0n) is 34.2. The largest absolute Gasteiger partial charge is 0.0654 e. The maximum atomic E-state index is 3.42. The van der Waals surface area contributed by atoms with Gasteiger partial charge in [-0.1, -0.05) is 114 Å². The molecule has 0 saturated heterocycles. The van der Waals surface area contributed by atoms with Gasteiger partial charge in [-0.2, -0.15) is 0 Å². The van der Waals surface area contributed by atoms with Crippen molar-refractivity contribution in [1.82, 2.24) is 0 Å². The third-order valence-electron chi connectivity index (χ3n) is 10.2. The highest BCUT2D eigenvalue weighted by Gasteiger charge is 2.06. The molecule has 54 heavy (non-hydrogen) atoms. The molecule has 0 bridgehead atoms. The monoisotopic (exact) mass is 708 g/mol.